The van der Waals surface area contributed by atoms with Gasteiger partial charge in [0.05, 0.1) is 11.7 Å². The summed E-state index contributed by atoms with van der Waals surface area (Å²) in [6, 6.07) is 13.0. The number of hydrogen-bond acceptors (Lipinski definition) is 5. The second kappa shape index (κ2) is 13.6. The number of fused-ring (bicyclic) bond motifs is 2. The zero-order valence-electron chi connectivity index (χ0n) is 27.7. The summed E-state index contributed by atoms with van der Waals surface area (Å²) in [7, 11) is -1.37. The number of anilines is 1. The molecule has 0 N–H and O–H groups in total. The molecular weight excluding hydrogens is 627 g/mol. The molecule has 0 saturated carbocycles. The van der Waals surface area contributed by atoms with Crippen molar-refractivity contribution in [2.45, 2.75) is 96.1 Å². The molecule has 1 fully saturated rings. The van der Waals surface area contributed by atoms with E-state index in [0.717, 1.165) is 22.7 Å². The number of piperidine rings is 1. The first-order valence-electron chi connectivity index (χ1n) is 15.6. The zero-order chi connectivity index (χ0) is 33.3. The average Bonchev–Trinajstić information content (AvgIpc) is 3.16. The fourth-order valence-electron chi connectivity index (χ4n) is 6.67. The Kier molecular flexibility index (Phi) is 10.6. The number of amides is 2. The second-order valence-corrected chi connectivity index (χ2v) is 20.6. The number of carbonyl (C=O) groups is 3. The van der Waals surface area contributed by atoms with Gasteiger partial charge >= 0.3 is 5.97 Å². The minimum Gasteiger partial charge on any atom is -0.459 e. The molecule has 2 aromatic carbocycles. The van der Waals surface area contributed by atoms with E-state index in [1.54, 1.807) is 48.8 Å². The third-order valence-electron chi connectivity index (χ3n) is 8.60. The number of allylic oxidation sites excluding steroid dienone is 1. The third kappa shape index (κ3) is 7.35. The van der Waals surface area contributed by atoms with E-state index in [1.807, 2.05) is 44.2 Å². The summed E-state index contributed by atoms with van der Waals surface area (Å²) in [5, 5.41) is 0.999. The third-order valence-corrected chi connectivity index (χ3v) is 10.8. The molecule has 2 aromatic rings. The van der Waals surface area contributed by atoms with Gasteiger partial charge < -0.3 is 14.4 Å². The van der Waals surface area contributed by atoms with E-state index in [1.165, 1.54) is 0 Å². The molecule has 3 atom stereocenters. The van der Waals surface area contributed by atoms with Crippen molar-refractivity contribution in [3.05, 3.63) is 75.3 Å². The Morgan fingerprint density at radius 1 is 1.09 bits per heavy atom. The highest BCUT2D eigenvalue weighted by Gasteiger charge is 2.65. The van der Waals surface area contributed by atoms with Crippen LogP contribution in [-0.2, 0) is 29.3 Å². The van der Waals surface area contributed by atoms with E-state index in [4.69, 9.17) is 32.7 Å². The van der Waals surface area contributed by atoms with Crippen LogP contribution in [0.2, 0.25) is 35.7 Å². The van der Waals surface area contributed by atoms with E-state index in [-0.39, 0.29) is 31.5 Å². The summed E-state index contributed by atoms with van der Waals surface area (Å²) >= 11 is 13.1. The van der Waals surface area contributed by atoms with Crippen LogP contribution in [0.1, 0.15) is 64.5 Å². The highest BCUT2D eigenvalue weighted by atomic mass is 35.5. The van der Waals surface area contributed by atoms with Gasteiger partial charge in [-0.2, -0.15) is 0 Å². The summed E-state index contributed by atoms with van der Waals surface area (Å²) < 4.78 is 11.9. The molecule has 45 heavy (non-hydrogen) atoms. The largest absolute Gasteiger partial charge is 0.459 e. The average molecular weight is 674 g/mol. The van der Waals surface area contributed by atoms with Crippen LogP contribution in [0.4, 0.5) is 5.69 Å². The summed E-state index contributed by atoms with van der Waals surface area (Å²) in [5.74, 6) is -1.54. The molecule has 7 nitrogen and oxygen atoms in total. The van der Waals surface area contributed by atoms with Gasteiger partial charge in [-0.05, 0) is 75.6 Å². The highest BCUT2D eigenvalue weighted by molar-refractivity contribution is 6.76. The number of likely N-dealkylation sites (tertiary alicyclic amines) is 1. The van der Waals surface area contributed by atoms with Crippen molar-refractivity contribution in [2.24, 2.45) is 0 Å². The molecule has 1 saturated heterocycles. The molecule has 4 rings (SSSR count). The molecular formula is C35H46Cl2N2O5Si. The van der Waals surface area contributed by atoms with Crippen LogP contribution in [-0.4, -0.2) is 62.3 Å². The number of nitrogens with zero attached hydrogens (tertiary/aromatic N) is 2. The van der Waals surface area contributed by atoms with Crippen LogP contribution in [0.3, 0.4) is 0 Å². The first-order chi connectivity index (χ1) is 21.0. The van der Waals surface area contributed by atoms with Crippen LogP contribution in [0.5, 0.6) is 0 Å². The van der Waals surface area contributed by atoms with Crippen LogP contribution in [0.25, 0.3) is 0 Å². The van der Waals surface area contributed by atoms with E-state index < -0.39 is 37.0 Å². The number of esters is 1. The lowest BCUT2D eigenvalue weighted by Crippen LogP contribution is -2.65. The molecule has 0 bridgehead atoms. The Hall–Kier alpha value is -2.65. The van der Waals surface area contributed by atoms with Crippen LogP contribution < -0.4 is 4.90 Å². The SMILES string of the molecule is C/C=C(\CC)[C@H]1N(CC(=O)OC(C)(C)C)C(=O)C[C@@H](c2cccc(Cl)c2)[C@]12C(=O)N(COCC[Si](C)(C)C)c1cc(Cl)ccc12. The van der Waals surface area contributed by atoms with Gasteiger partial charge in [0, 0.05) is 37.1 Å². The summed E-state index contributed by atoms with van der Waals surface area (Å²) in [4.78, 5) is 46.1. The number of halogens is 2. The fourth-order valence-corrected chi connectivity index (χ4v) is 7.79. The number of rotatable bonds is 10. The second-order valence-electron chi connectivity index (χ2n) is 14.2. The molecule has 2 amide bonds. The van der Waals surface area contributed by atoms with Crippen LogP contribution >= 0.6 is 23.2 Å². The molecule has 2 heterocycles. The zero-order valence-corrected chi connectivity index (χ0v) is 30.2. The van der Waals surface area contributed by atoms with Gasteiger partial charge in [0.1, 0.15) is 24.3 Å². The van der Waals surface area contributed by atoms with E-state index in [0.29, 0.717) is 28.8 Å². The van der Waals surface area contributed by atoms with Gasteiger partial charge in [0.15, 0.2) is 0 Å². The molecule has 1 spiro atoms. The topological polar surface area (TPSA) is 76.2 Å². The molecule has 0 aromatic heterocycles. The van der Waals surface area contributed by atoms with E-state index in [9.17, 15) is 9.59 Å². The van der Waals surface area contributed by atoms with Gasteiger partial charge in [-0.15, -0.1) is 0 Å². The maximum Gasteiger partial charge on any atom is 0.326 e. The van der Waals surface area contributed by atoms with Crippen LogP contribution in [0.15, 0.2) is 54.1 Å². The lowest BCUT2D eigenvalue weighted by Gasteiger charge is -2.52. The predicted octanol–water partition coefficient (Wildman–Crippen LogP) is 7.97. The summed E-state index contributed by atoms with van der Waals surface area (Å²) in [6.45, 7) is 16.4. The van der Waals surface area contributed by atoms with Crippen LogP contribution in [0, 0.1) is 0 Å². The lowest BCUT2D eigenvalue weighted by molar-refractivity contribution is -0.163. The normalized spacial score (nSPS) is 22.3. The van der Waals surface area contributed by atoms with Crippen molar-refractivity contribution in [1.82, 2.24) is 4.90 Å². The summed E-state index contributed by atoms with van der Waals surface area (Å²) in [6.07, 6.45) is 2.52. The van der Waals surface area contributed by atoms with Crippen molar-refractivity contribution < 1.29 is 23.9 Å². The molecule has 244 valence electrons. The minimum atomic E-state index is -1.37. The van der Waals surface area contributed by atoms with Gasteiger partial charge in [-0.25, -0.2) is 0 Å². The van der Waals surface area contributed by atoms with E-state index in [2.05, 4.69) is 19.6 Å². The Balaban J connectivity index is 1.96. The Morgan fingerprint density at radius 2 is 1.78 bits per heavy atom. The molecule has 0 unspecified atom stereocenters. The van der Waals surface area contributed by atoms with Crippen molar-refractivity contribution in [3.8, 4) is 0 Å². The molecule has 10 heteroatoms. The Labute approximate surface area is 278 Å². The maximum absolute atomic E-state index is 15.3. The molecule has 0 aliphatic carbocycles. The van der Waals surface area contributed by atoms with Crippen molar-refractivity contribution in [2.75, 3.05) is 24.8 Å². The van der Waals surface area contributed by atoms with Crippen molar-refractivity contribution in [3.63, 3.8) is 0 Å². The minimum absolute atomic E-state index is 0.00151. The number of carbonyl (C=O) groups excluding carboxylic acids is 3. The quantitative estimate of drug-likeness (QED) is 0.111. The van der Waals surface area contributed by atoms with Gasteiger partial charge in [0.2, 0.25) is 11.8 Å². The van der Waals surface area contributed by atoms with Crippen molar-refractivity contribution in [1.29, 1.82) is 0 Å². The van der Waals surface area contributed by atoms with Gasteiger partial charge in [-0.3, -0.25) is 19.3 Å². The monoisotopic (exact) mass is 672 g/mol. The predicted molar refractivity (Wildman–Crippen MR) is 184 cm³/mol. The lowest BCUT2D eigenvalue weighted by atomic mass is 9.58. The molecule has 2 aliphatic heterocycles. The smallest absolute Gasteiger partial charge is 0.326 e. The van der Waals surface area contributed by atoms with Crippen molar-refractivity contribution >= 4 is 54.7 Å². The first kappa shape index (κ1) is 35.2. The van der Waals surface area contributed by atoms with Gasteiger partial charge in [0.25, 0.3) is 0 Å². The molecule has 2 aliphatic rings. The maximum atomic E-state index is 15.3. The van der Waals surface area contributed by atoms with E-state index >= 15 is 4.79 Å². The number of benzene rings is 2. The summed E-state index contributed by atoms with van der Waals surface area (Å²) in [5.41, 5.74) is 1.01. The standard InChI is InChI=1S/C35H46Cl2N2O5Si/c1-9-23(10-2)32-35(27-15-14-26(37)19-29(27)39(33(35)42)22-43-16-17-45(6,7)8)28(24-12-11-13-25(36)18-24)20-30(40)38(32)21-31(41)44-34(3,4)5/h9,11-15,18-19,28,32H,10,16-17,20-22H2,1-8H3/b23-9+/t28-,32+,35-/m0/s1. The fraction of sp³-hybridized carbons (Fsp3) is 0.514. The Morgan fingerprint density at radius 3 is 2.38 bits per heavy atom. The first-order valence-corrected chi connectivity index (χ1v) is 20.1. The highest BCUT2D eigenvalue weighted by Crippen LogP contribution is 2.58. The Bertz CT molecular complexity index is 1480. The number of ether oxygens (including phenoxy) is 2. The molecule has 0 radical (unpaired) electrons. The number of hydrogen-bond donors (Lipinski definition) is 0. The van der Waals surface area contributed by atoms with Gasteiger partial charge in [-0.1, -0.05) is 79.6 Å².